The van der Waals surface area contributed by atoms with Gasteiger partial charge in [0.15, 0.2) is 0 Å². The summed E-state index contributed by atoms with van der Waals surface area (Å²) in [5, 5.41) is 3.22. The third kappa shape index (κ3) is 4.05. The molecular formula is C14H23N. The zero-order valence-electron chi connectivity index (χ0n) is 10.4. The molecule has 0 heterocycles. The van der Waals surface area contributed by atoms with Crippen molar-refractivity contribution >= 4 is 0 Å². The Bertz CT molecular complexity index is 304. The third-order valence-corrected chi connectivity index (χ3v) is 3.05. The first-order chi connectivity index (χ1) is 7.13. The van der Waals surface area contributed by atoms with Crippen LogP contribution in [-0.4, -0.2) is 13.6 Å². The molecule has 1 nitrogen and oxygen atoms in total. The quantitative estimate of drug-likeness (QED) is 0.779. The van der Waals surface area contributed by atoms with E-state index in [0.717, 1.165) is 12.5 Å². The molecule has 0 amide bonds. The molecule has 1 rings (SSSR count). The highest BCUT2D eigenvalue weighted by atomic mass is 14.8. The molecule has 0 radical (unpaired) electrons. The second-order valence-corrected chi connectivity index (χ2v) is 4.62. The van der Waals surface area contributed by atoms with E-state index in [0.29, 0.717) is 0 Å². The van der Waals surface area contributed by atoms with Crippen molar-refractivity contribution in [3.05, 3.63) is 34.9 Å². The molecule has 0 aliphatic rings. The van der Waals surface area contributed by atoms with Gasteiger partial charge in [0.25, 0.3) is 0 Å². The fourth-order valence-electron chi connectivity index (χ4n) is 1.82. The van der Waals surface area contributed by atoms with Crippen molar-refractivity contribution in [2.75, 3.05) is 13.6 Å². The second-order valence-electron chi connectivity index (χ2n) is 4.62. The maximum atomic E-state index is 3.22. The molecule has 1 aromatic rings. The lowest BCUT2D eigenvalue weighted by atomic mass is 9.98. The van der Waals surface area contributed by atoms with Crippen molar-refractivity contribution in [3.63, 3.8) is 0 Å². The monoisotopic (exact) mass is 205 g/mol. The minimum absolute atomic E-state index is 0.761. The van der Waals surface area contributed by atoms with Crippen molar-refractivity contribution < 1.29 is 0 Å². The molecule has 1 aromatic carbocycles. The van der Waals surface area contributed by atoms with Crippen LogP contribution < -0.4 is 5.32 Å². The van der Waals surface area contributed by atoms with E-state index in [2.05, 4.69) is 44.3 Å². The molecule has 0 aliphatic heterocycles. The van der Waals surface area contributed by atoms with E-state index >= 15 is 0 Å². The standard InChI is InChI=1S/C14H23N/c1-11(10-15-4)5-7-14-8-6-12(2)13(3)9-14/h6,8-9,11,15H,5,7,10H2,1-4H3. The van der Waals surface area contributed by atoms with Crippen LogP contribution in [-0.2, 0) is 6.42 Å². The molecule has 0 saturated heterocycles. The lowest BCUT2D eigenvalue weighted by Crippen LogP contribution is -2.16. The van der Waals surface area contributed by atoms with E-state index in [-0.39, 0.29) is 0 Å². The first-order valence-electron chi connectivity index (χ1n) is 5.84. The zero-order valence-corrected chi connectivity index (χ0v) is 10.4. The van der Waals surface area contributed by atoms with Crippen molar-refractivity contribution in [2.24, 2.45) is 5.92 Å². The van der Waals surface area contributed by atoms with Crippen LogP contribution in [0.1, 0.15) is 30.0 Å². The summed E-state index contributed by atoms with van der Waals surface area (Å²) in [4.78, 5) is 0. The maximum Gasteiger partial charge on any atom is -0.00260 e. The molecule has 84 valence electrons. The molecule has 0 spiro atoms. The van der Waals surface area contributed by atoms with E-state index in [1.54, 1.807) is 0 Å². The van der Waals surface area contributed by atoms with Crippen molar-refractivity contribution in [3.8, 4) is 0 Å². The topological polar surface area (TPSA) is 12.0 Å². The maximum absolute atomic E-state index is 3.22. The van der Waals surface area contributed by atoms with E-state index < -0.39 is 0 Å². The fraction of sp³-hybridized carbons (Fsp3) is 0.571. The van der Waals surface area contributed by atoms with Crippen molar-refractivity contribution in [2.45, 2.75) is 33.6 Å². The fourth-order valence-corrected chi connectivity index (χ4v) is 1.82. The van der Waals surface area contributed by atoms with E-state index in [9.17, 15) is 0 Å². The summed E-state index contributed by atoms with van der Waals surface area (Å²) in [6.45, 7) is 7.78. The number of benzene rings is 1. The normalized spacial score (nSPS) is 12.8. The number of rotatable bonds is 5. The van der Waals surface area contributed by atoms with Crippen molar-refractivity contribution in [1.29, 1.82) is 0 Å². The Morgan fingerprint density at radius 3 is 2.53 bits per heavy atom. The molecule has 0 fully saturated rings. The van der Waals surface area contributed by atoms with Gasteiger partial charge < -0.3 is 5.32 Å². The average molecular weight is 205 g/mol. The van der Waals surface area contributed by atoms with E-state index in [1.165, 1.54) is 29.5 Å². The van der Waals surface area contributed by atoms with Crippen LogP contribution in [0, 0.1) is 19.8 Å². The number of hydrogen-bond acceptors (Lipinski definition) is 1. The van der Waals surface area contributed by atoms with Gasteiger partial charge in [-0.05, 0) is 62.9 Å². The number of aryl methyl sites for hydroxylation is 3. The summed E-state index contributed by atoms with van der Waals surface area (Å²) in [6.07, 6.45) is 2.47. The minimum Gasteiger partial charge on any atom is -0.319 e. The van der Waals surface area contributed by atoms with Crippen LogP contribution in [0.25, 0.3) is 0 Å². The van der Waals surface area contributed by atoms with Gasteiger partial charge in [-0.1, -0.05) is 25.1 Å². The van der Waals surface area contributed by atoms with Gasteiger partial charge in [0.05, 0.1) is 0 Å². The molecule has 1 N–H and O–H groups in total. The van der Waals surface area contributed by atoms with Gasteiger partial charge in [-0.2, -0.15) is 0 Å². The molecule has 0 aromatic heterocycles. The smallest absolute Gasteiger partial charge is 0.00260 e. The minimum atomic E-state index is 0.761. The van der Waals surface area contributed by atoms with Gasteiger partial charge in [0.2, 0.25) is 0 Å². The molecular weight excluding hydrogens is 182 g/mol. The Labute approximate surface area is 93.9 Å². The van der Waals surface area contributed by atoms with Crippen LogP contribution in [0.3, 0.4) is 0 Å². The summed E-state index contributed by atoms with van der Waals surface area (Å²) >= 11 is 0. The Kier molecular flexibility index (Phi) is 4.83. The summed E-state index contributed by atoms with van der Waals surface area (Å²) in [5.74, 6) is 0.761. The number of nitrogens with one attached hydrogen (secondary N) is 1. The van der Waals surface area contributed by atoms with Crippen LogP contribution in [0.5, 0.6) is 0 Å². The van der Waals surface area contributed by atoms with E-state index in [4.69, 9.17) is 0 Å². The highest BCUT2D eigenvalue weighted by molar-refractivity contribution is 5.29. The Morgan fingerprint density at radius 1 is 1.20 bits per heavy atom. The molecule has 0 aliphatic carbocycles. The van der Waals surface area contributed by atoms with Crippen LogP contribution in [0.4, 0.5) is 0 Å². The first kappa shape index (κ1) is 12.3. The Hall–Kier alpha value is -0.820. The van der Waals surface area contributed by atoms with Gasteiger partial charge in [0.1, 0.15) is 0 Å². The summed E-state index contributed by atoms with van der Waals surface area (Å²) in [6, 6.07) is 6.81. The Morgan fingerprint density at radius 2 is 1.93 bits per heavy atom. The molecule has 1 unspecified atom stereocenters. The third-order valence-electron chi connectivity index (χ3n) is 3.05. The van der Waals surface area contributed by atoms with Gasteiger partial charge in [0, 0.05) is 0 Å². The molecule has 15 heavy (non-hydrogen) atoms. The van der Waals surface area contributed by atoms with Gasteiger partial charge >= 0.3 is 0 Å². The Balaban J connectivity index is 2.47. The lowest BCUT2D eigenvalue weighted by molar-refractivity contribution is 0.505. The van der Waals surface area contributed by atoms with E-state index in [1.807, 2.05) is 7.05 Å². The predicted octanol–water partition coefficient (Wildman–Crippen LogP) is 3.09. The molecule has 1 atom stereocenters. The van der Waals surface area contributed by atoms with Crippen molar-refractivity contribution in [1.82, 2.24) is 5.32 Å². The van der Waals surface area contributed by atoms with Crippen LogP contribution in [0.15, 0.2) is 18.2 Å². The predicted molar refractivity (Wildman–Crippen MR) is 67.3 cm³/mol. The molecule has 0 bridgehead atoms. The summed E-state index contributed by atoms with van der Waals surface area (Å²) in [7, 11) is 2.02. The second kappa shape index (κ2) is 5.92. The van der Waals surface area contributed by atoms with Gasteiger partial charge in [-0.3, -0.25) is 0 Å². The van der Waals surface area contributed by atoms with Crippen LogP contribution in [0.2, 0.25) is 0 Å². The molecule has 1 heteroatoms. The highest BCUT2D eigenvalue weighted by Gasteiger charge is 2.02. The van der Waals surface area contributed by atoms with Crippen LogP contribution >= 0.6 is 0 Å². The zero-order chi connectivity index (χ0) is 11.3. The largest absolute Gasteiger partial charge is 0.319 e. The highest BCUT2D eigenvalue weighted by Crippen LogP contribution is 2.13. The number of hydrogen-bond donors (Lipinski definition) is 1. The lowest BCUT2D eigenvalue weighted by Gasteiger charge is -2.11. The average Bonchev–Trinajstić information content (AvgIpc) is 2.20. The summed E-state index contributed by atoms with van der Waals surface area (Å²) in [5.41, 5.74) is 4.27. The summed E-state index contributed by atoms with van der Waals surface area (Å²) < 4.78 is 0. The van der Waals surface area contributed by atoms with Gasteiger partial charge in [-0.25, -0.2) is 0 Å². The SMILES string of the molecule is CNCC(C)CCc1ccc(C)c(C)c1. The molecule has 0 saturated carbocycles. The first-order valence-corrected chi connectivity index (χ1v) is 5.84. The van der Waals surface area contributed by atoms with Gasteiger partial charge in [-0.15, -0.1) is 0 Å².